The molecule has 3 rings (SSSR count). The number of nitrogens with zero attached hydrogens (tertiary/aromatic N) is 4. The first-order chi connectivity index (χ1) is 15.0. The molecule has 10 nitrogen and oxygen atoms in total. The summed E-state index contributed by atoms with van der Waals surface area (Å²) in [6.07, 6.45) is 0.343. The first kappa shape index (κ1) is 22.1. The molecule has 0 saturated heterocycles. The molecule has 0 saturated carbocycles. The first-order valence-electron chi connectivity index (χ1n) is 9.53. The van der Waals surface area contributed by atoms with Crippen molar-refractivity contribution in [3.8, 4) is 28.7 Å². The monoisotopic (exact) mass is 431 g/mol. The minimum atomic E-state index is -0.817. The number of amides is 1. The van der Waals surface area contributed by atoms with Crippen LogP contribution in [0.2, 0.25) is 0 Å². The molecule has 1 N–H and O–H groups in total. The van der Waals surface area contributed by atoms with Gasteiger partial charge in [-0.1, -0.05) is 12.1 Å². The Labute approximate surface area is 177 Å². The van der Waals surface area contributed by atoms with Gasteiger partial charge < -0.3 is 19.3 Å². The maximum Gasteiger partial charge on any atom is 0.278 e. The number of halogens is 1. The number of hydrogen-bond acceptors (Lipinski definition) is 8. The minimum absolute atomic E-state index is 0.0228. The van der Waals surface area contributed by atoms with E-state index in [0.29, 0.717) is 25.1 Å². The van der Waals surface area contributed by atoms with Gasteiger partial charge >= 0.3 is 0 Å². The normalized spacial score (nSPS) is 11.9. The summed E-state index contributed by atoms with van der Waals surface area (Å²) in [6, 6.07) is 6.13. The van der Waals surface area contributed by atoms with E-state index in [1.165, 1.54) is 38.5 Å². The number of rotatable bonds is 9. The zero-order valence-corrected chi connectivity index (χ0v) is 17.3. The Hall–Kier alpha value is -3.60. The molecule has 1 aromatic carbocycles. The van der Waals surface area contributed by atoms with Gasteiger partial charge in [0.05, 0.1) is 13.7 Å². The lowest BCUT2D eigenvalue weighted by Gasteiger charge is -2.16. The second-order valence-electron chi connectivity index (χ2n) is 6.48. The molecule has 0 fully saturated rings. The first-order valence-corrected chi connectivity index (χ1v) is 9.53. The zero-order chi connectivity index (χ0) is 22.4. The van der Waals surface area contributed by atoms with Crippen LogP contribution in [-0.4, -0.2) is 53.2 Å². The van der Waals surface area contributed by atoms with Crippen molar-refractivity contribution in [2.45, 2.75) is 19.4 Å². The fraction of sp³-hybridized carbons (Fsp3) is 0.350. The van der Waals surface area contributed by atoms with Gasteiger partial charge in [0.2, 0.25) is 11.7 Å². The van der Waals surface area contributed by atoms with Gasteiger partial charge in [-0.25, -0.2) is 9.07 Å². The molecule has 31 heavy (non-hydrogen) atoms. The largest absolute Gasteiger partial charge is 0.494 e. The van der Waals surface area contributed by atoms with Gasteiger partial charge in [-0.2, -0.15) is 10.1 Å². The van der Waals surface area contributed by atoms with E-state index >= 15 is 0 Å². The highest BCUT2D eigenvalue weighted by Gasteiger charge is 2.22. The molecule has 11 heteroatoms. The van der Waals surface area contributed by atoms with Gasteiger partial charge in [-0.05, 0) is 30.7 Å². The van der Waals surface area contributed by atoms with Crippen LogP contribution in [0.15, 0.2) is 39.6 Å². The van der Waals surface area contributed by atoms with Crippen LogP contribution in [0.4, 0.5) is 4.39 Å². The second-order valence-corrected chi connectivity index (χ2v) is 6.48. The Kier molecular flexibility index (Phi) is 7.08. The highest BCUT2D eigenvalue weighted by Crippen LogP contribution is 2.25. The lowest BCUT2D eigenvalue weighted by atomic mass is 10.2. The van der Waals surface area contributed by atoms with E-state index in [0.717, 1.165) is 4.68 Å². The molecule has 0 aliphatic heterocycles. The van der Waals surface area contributed by atoms with Gasteiger partial charge in [0, 0.05) is 25.3 Å². The number of nitrogens with one attached hydrogen (secondary N) is 1. The molecule has 164 valence electrons. The van der Waals surface area contributed by atoms with E-state index in [1.54, 1.807) is 13.0 Å². The van der Waals surface area contributed by atoms with Gasteiger partial charge in [0.25, 0.3) is 11.4 Å². The Morgan fingerprint density at radius 3 is 2.77 bits per heavy atom. The number of ether oxygens (including phenoxy) is 2. The Morgan fingerprint density at radius 1 is 1.29 bits per heavy atom. The van der Waals surface area contributed by atoms with Crippen molar-refractivity contribution in [2.24, 2.45) is 0 Å². The summed E-state index contributed by atoms with van der Waals surface area (Å²) in [7, 11) is 2.89. The van der Waals surface area contributed by atoms with Gasteiger partial charge in [-0.15, -0.1) is 0 Å². The van der Waals surface area contributed by atoms with E-state index in [1.807, 2.05) is 0 Å². The number of methoxy groups -OCH3 is 2. The fourth-order valence-corrected chi connectivity index (χ4v) is 2.88. The summed E-state index contributed by atoms with van der Waals surface area (Å²) in [4.78, 5) is 29.0. The maximum atomic E-state index is 14.0. The molecular weight excluding hydrogens is 409 g/mol. The van der Waals surface area contributed by atoms with Crippen molar-refractivity contribution >= 4 is 5.91 Å². The smallest absolute Gasteiger partial charge is 0.278 e. The number of benzene rings is 1. The standard InChI is InChI=1S/C20H22FN5O5/c1-4-15(19(28)22-9-10-29-2)26-17(27)8-6-14(24-26)20-23-18(25-31-20)12-5-7-16(30-3)13(21)11-12/h5-8,11,15H,4,9-10H2,1-3H3,(H,22,28). The highest BCUT2D eigenvalue weighted by molar-refractivity contribution is 5.80. The molecule has 1 atom stereocenters. The molecule has 0 spiro atoms. The van der Waals surface area contributed by atoms with E-state index < -0.39 is 17.4 Å². The van der Waals surface area contributed by atoms with E-state index in [9.17, 15) is 14.0 Å². The lowest BCUT2D eigenvalue weighted by Crippen LogP contribution is -2.39. The topological polar surface area (TPSA) is 121 Å². The fourth-order valence-electron chi connectivity index (χ4n) is 2.88. The number of hydrogen-bond donors (Lipinski definition) is 1. The molecule has 0 aliphatic carbocycles. The molecular formula is C20H22FN5O5. The van der Waals surface area contributed by atoms with E-state index in [2.05, 4.69) is 20.6 Å². The lowest BCUT2D eigenvalue weighted by molar-refractivity contribution is -0.125. The predicted octanol–water partition coefficient (Wildman–Crippen LogP) is 1.82. The summed E-state index contributed by atoms with van der Waals surface area (Å²) < 4.78 is 30.1. The Morgan fingerprint density at radius 2 is 2.10 bits per heavy atom. The molecule has 2 heterocycles. The van der Waals surface area contributed by atoms with Crippen LogP contribution >= 0.6 is 0 Å². The van der Waals surface area contributed by atoms with Crippen molar-refractivity contribution in [1.29, 1.82) is 0 Å². The second kappa shape index (κ2) is 9.94. The summed E-state index contributed by atoms with van der Waals surface area (Å²) in [5.74, 6) is -0.666. The van der Waals surface area contributed by atoms with Gasteiger partial charge in [0.1, 0.15) is 11.7 Å². The molecule has 1 amide bonds. The van der Waals surface area contributed by atoms with Crippen molar-refractivity contribution in [3.05, 3.63) is 46.5 Å². The van der Waals surface area contributed by atoms with Crippen LogP contribution in [0.3, 0.4) is 0 Å². The SMILES string of the molecule is CCC(C(=O)NCCOC)n1nc(-c2nc(-c3ccc(OC)c(F)c3)no2)ccc1=O. The molecule has 2 aromatic heterocycles. The number of carbonyl (C=O) groups excluding carboxylic acids is 1. The summed E-state index contributed by atoms with van der Waals surface area (Å²) in [5.41, 5.74) is 0.135. The summed E-state index contributed by atoms with van der Waals surface area (Å²) in [5, 5.41) is 10.8. The number of aromatic nitrogens is 4. The van der Waals surface area contributed by atoms with Crippen LogP contribution in [0.1, 0.15) is 19.4 Å². The van der Waals surface area contributed by atoms with Crippen LogP contribution < -0.4 is 15.6 Å². The van der Waals surface area contributed by atoms with Crippen molar-refractivity contribution in [3.63, 3.8) is 0 Å². The molecule has 3 aromatic rings. The zero-order valence-electron chi connectivity index (χ0n) is 17.3. The third-order valence-electron chi connectivity index (χ3n) is 4.47. The van der Waals surface area contributed by atoms with Crippen LogP contribution in [0, 0.1) is 5.82 Å². The van der Waals surface area contributed by atoms with Crippen LogP contribution in [0.5, 0.6) is 5.75 Å². The van der Waals surface area contributed by atoms with Gasteiger partial charge in [-0.3, -0.25) is 9.59 Å². The molecule has 0 aliphatic rings. The summed E-state index contributed by atoms with van der Waals surface area (Å²) >= 11 is 0. The van der Waals surface area contributed by atoms with Gasteiger partial charge in [0.15, 0.2) is 11.6 Å². The average Bonchev–Trinajstić information content (AvgIpc) is 3.26. The summed E-state index contributed by atoms with van der Waals surface area (Å²) in [6.45, 7) is 2.43. The molecule has 0 bridgehead atoms. The quantitative estimate of drug-likeness (QED) is 0.509. The third kappa shape index (κ3) is 4.94. The minimum Gasteiger partial charge on any atom is -0.494 e. The van der Waals surface area contributed by atoms with Crippen LogP contribution in [0.25, 0.3) is 23.0 Å². The molecule has 1 unspecified atom stereocenters. The highest BCUT2D eigenvalue weighted by atomic mass is 19.1. The molecule has 0 radical (unpaired) electrons. The van der Waals surface area contributed by atoms with E-state index in [4.69, 9.17) is 14.0 Å². The number of carbonyl (C=O) groups is 1. The Bertz CT molecular complexity index is 1110. The van der Waals surface area contributed by atoms with Crippen molar-refractivity contribution < 1.29 is 23.2 Å². The average molecular weight is 431 g/mol. The third-order valence-corrected chi connectivity index (χ3v) is 4.47. The van der Waals surface area contributed by atoms with Crippen LogP contribution in [-0.2, 0) is 9.53 Å². The Balaban J connectivity index is 1.89. The maximum absolute atomic E-state index is 14.0. The van der Waals surface area contributed by atoms with E-state index in [-0.39, 0.29) is 29.1 Å². The van der Waals surface area contributed by atoms with Crippen molar-refractivity contribution in [1.82, 2.24) is 25.2 Å². The van der Waals surface area contributed by atoms with Crippen molar-refractivity contribution in [2.75, 3.05) is 27.4 Å². The predicted molar refractivity (Wildman–Crippen MR) is 108 cm³/mol.